The van der Waals surface area contributed by atoms with Crippen LogP contribution in [0.15, 0.2) is 60.8 Å². The minimum atomic E-state index is 0. The summed E-state index contributed by atoms with van der Waals surface area (Å²) in [5.41, 5.74) is 10.1. The monoisotopic (exact) mass is 388 g/mol. The normalized spacial score (nSPS) is 10.7. The highest BCUT2D eigenvalue weighted by molar-refractivity contribution is 5.88. The second kappa shape index (κ2) is 6.72. The number of anilines is 1. The number of halogens is 1. The summed E-state index contributed by atoms with van der Waals surface area (Å²) in [5.74, 6) is 0. The van der Waals surface area contributed by atoms with Crippen molar-refractivity contribution in [3.63, 3.8) is 0 Å². The van der Waals surface area contributed by atoms with Gasteiger partial charge in [0.2, 0.25) is 5.52 Å². The number of rotatable bonds is 2. The molecule has 0 saturated carbocycles. The topological polar surface area (TPSA) is 29.9 Å². The van der Waals surface area contributed by atoms with Crippen LogP contribution in [0.25, 0.3) is 23.1 Å². The maximum atomic E-state index is 5.70. The lowest BCUT2D eigenvalue weighted by Crippen LogP contribution is -3.00. The summed E-state index contributed by atoms with van der Waals surface area (Å²) < 4.78 is 2.13. The molecule has 21 heavy (non-hydrogen) atoms. The fourth-order valence-electron chi connectivity index (χ4n) is 2.33. The quantitative estimate of drug-likeness (QED) is 0.385. The lowest BCUT2D eigenvalue weighted by molar-refractivity contribution is -0.644. The van der Waals surface area contributed by atoms with Crippen LogP contribution in [0.3, 0.4) is 0 Å². The minimum Gasteiger partial charge on any atom is -1.00 e. The first-order valence-electron chi connectivity index (χ1n) is 6.65. The van der Waals surface area contributed by atoms with E-state index in [0.717, 1.165) is 11.3 Å². The van der Waals surface area contributed by atoms with Gasteiger partial charge in [-0.05, 0) is 29.3 Å². The lowest BCUT2D eigenvalue weighted by Gasteiger charge is -2.01. The van der Waals surface area contributed by atoms with Crippen molar-refractivity contribution in [3.05, 3.63) is 71.9 Å². The summed E-state index contributed by atoms with van der Waals surface area (Å²) in [7, 11) is 2.07. The van der Waals surface area contributed by atoms with Gasteiger partial charge in [-0.25, -0.2) is 4.57 Å². The van der Waals surface area contributed by atoms with Gasteiger partial charge in [0.25, 0.3) is 0 Å². The Labute approximate surface area is 141 Å². The molecule has 0 fully saturated rings. The summed E-state index contributed by atoms with van der Waals surface area (Å²) in [6.45, 7) is 0. The average molecular weight is 388 g/mol. The average Bonchev–Trinajstić information content (AvgIpc) is 2.49. The van der Waals surface area contributed by atoms with Crippen LogP contribution in [-0.2, 0) is 7.05 Å². The van der Waals surface area contributed by atoms with Crippen molar-refractivity contribution < 1.29 is 28.5 Å². The molecule has 2 nitrogen and oxygen atoms in total. The van der Waals surface area contributed by atoms with Crippen molar-refractivity contribution >= 4 is 28.7 Å². The second-order valence-corrected chi connectivity index (χ2v) is 4.90. The molecule has 0 spiro atoms. The molecule has 0 aliphatic carbocycles. The van der Waals surface area contributed by atoms with Crippen LogP contribution in [0.4, 0.5) is 5.69 Å². The number of benzene rings is 2. The van der Waals surface area contributed by atoms with E-state index in [9.17, 15) is 0 Å². The fourth-order valence-corrected chi connectivity index (χ4v) is 2.33. The molecule has 0 aliphatic rings. The third-order valence-electron chi connectivity index (χ3n) is 3.46. The molecule has 1 heterocycles. The third kappa shape index (κ3) is 3.42. The number of hydrogen-bond acceptors (Lipinski definition) is 1. The smallest absolute Gasteiger partial charge is 0.212 e. The van der Waals surface area contributed by atoms with Gasteiger partial charge in [-0.2, -0.15) is 0 Å². The summed E-state index contributed by atoms with van der Waals surface area (Å²) in [4.78, 5) is 0. The van der Waals surface area contributed by atoms with Crippen LogP contribution in [-0.4, -0.2) is 0 Å². The van der Waals surface area contributed by atoms with Crippen LogP contribution < -0.4 is 34.3 Å². The van der Waals surface area contributed by atoms with Crippen molar-refractivity contribution in [1.82, 2.24) is 0 Å². The Morgan fingerprint density at radius 3 is 2.38 bits per heavy atom. The zero-order valence-electron chi connectivity index (χ0n) is 11.8. The van der Waals surface area contributed by atoms with Crippen LogP contribution in [0.5, 0.6) is 0 Å². The Morgan fingerprint density at radius 2 is 1.62 bits per heavy atom. The molecule has 3 rings (SSSR count). The van der Waals surface area contributed by atoms with Crippen LogP contribution in [0, 0.1) is 0 Å². The van der Waals surface area contributed by atoms with Gasteiger partial charge in [-0.3, -0.25) is 0 Å². The number of para-hydroxylation sites is 1. The number of aromatic nitrogens is 1. The molecule has 0 unspecified atom stereocenters. The number of nitrogen functional groups attached to an aromatic ring is 1. The van der Waals surface area contributed by atoms with Crippen LogP contribution in [0.2, 0.25) is 0 Å². The van der Waals surface area contributed by atoms with Gasteiger partial charge in [0.1, 0.15) is 7.05 Å². The van der Waals surface area contributed by atoms with E-state index in [0.29, 0.717) is 0 Å². The van der Waals surface area contributed by atoms with E-state index in [-0.39, 0.29) is 24.0 Å². The molecule has 0 aliphatic heterocycles. The van der Waals surface area contributed by atoms with E-state index in [2.05, 4.69) is 60.3 Å². The summed E-state index contributed by atoms with van der Waals surface area (Å²) in [6.07, 6.45) is 6.35. The Kier molecular flexibility index (Phi) is 4.96. The van der Waals surface area contributed by atoms with Gasteiger partial charge in [0.15, 0.2) is 6.20 Å². The zero-order valence-corrected chi connectivity index (χ0v) is 14.0. The molecule has 0 atom stereocenters. The molecular weight excluding hydrogens is 371 g/mol. The molecule has 2 aromatic carbocycles. The molecule has 0 bridgehead atoms. The number of pyridine rings is 1. The highest BCUT2D eigenvalue weighted by Crippen LogP contribution is 2.18. The Balaban J connectivity index is 0.00000161. The van der Waals surface area contributed by atoms with E-state index in [4.69, 9.17) is 5.73 Å². The van der Waals surface area contributed by atoms with Gasteiger partial charge < -0.3 is 29.7 Å². The first-order chi connectivity index (χ1) is 9.74. The highest BCUT2D eigenvalue weighted by Gasteiger charge is 2.06. The SMILES string of the molecule is C[n+]1ccc(C=Cc2ccc(N)cc2)c2ccccc21.[I-]. The number of nitrogens with two attached hydrogens (primary N) is 1. The summed E-state index contributed by atoms with van der Waals surface area (Å²) >= 11 is 0. The van der Waals surface area contributed by atoms with Crippen molar-refractivity contribution in [1.29, 1.82) is 0 Å². The molecule has 0 amide bonds. The van der Waals surface area contributed by atoms with Crippen molar-refractivity contribution in [3.8, 4) is 0 Å². The molecule has 0 radical (unpaired) electrons. The Bertz CT molecular complexity index is 777. The summed E-state index contributed by atoms with van der Waals surface area (Å²) in [5, 5.41) is 1.25. The highest BCUT2D eigenvalue weighted by atomic mass is 127. The zero-order chi connectivity index (χ0) is 13.9. The largest absolute Gasteiger partial charge is 1.00 e. The molecule has 1 aromatic heterocycles. The van der Waals surface area contributed by atoms with Crippen molar-refractivity contribution in [2.24, 2.45) is 7.05 Å². The maximum absolute atomic E-state index is 5.70. The predicted molar refractivity (Wildman–Crippen MR) is 84.9 cm³/mol. The van der Waals surface area contributed by atoms with E-state index in [1.807, 2.05) is 24.3 Å². The van der Waals surface area contributed by atoms with Crippen molar-refractivity contribution in [2.45, 2.75) is 0 Å². The molecule has 106 valence electrons. The molecule has 3 aromatic rings. The predicted octanol–water partition coefficient (Wildman–Crippen LogP) is 0.421. The van der Waals surface area contributed by atoms with Gasteiger partial charge in [0.05, 0.1) is 5.39 Å². The Hall–Kier alpha value is -1.88. The van der Waals surface area contributed by atoms with Gasteiger partial charge >= 0.3 is 0 Å². The Morgan fingerprint density at radius 1 is 0.905 bits per heavy atom. The molecule has 2 N–H and O–H groups in total. The number of aryl methyl sites for hydroxylation is 1. The molecular formula is C18H17IN2. The van der Waals surface area contributed by atoms with Crippen LogP contribution in [0.1, 0.15) is 11.1 Å². The van der Waals surface area contributed by atoms with E-state index in [1.54, 1.807) is 0 Å². The third-order valence-corrected chi connectivity index (χ3v) is 3.46. The number of fused-ring (bicyclic) bond motifs is 1. The second-order valence-electron chi connectivity index (χ2n) is 4.90. The van der Waals surface area contributed by atoms with Gasteiger partial charge in [0, 0.05) is 17.8 Å². The number of nitrogens with zero attached hydrogens (tertiary/aromatic N) is 1. The molecule has 3 heteroatoms. The molecule has 0 saturated heterocycles. The lowest BCUT2D eigenvalue weighted by atomic mass is 10.1. The van der Waals surface area contributed by atoms with Crippen molar-refractivity contribution in [2.75, 3.05) is 5.73 Å². The van der Waals surface area contributed by atoms with Crippen LogP contribution >= 0.6 is 0 Å². The van der Waals surface area contributed by atoms with Gasteiger partial charge in [-0.1, -0.05) is 36.4 Å². The minimum absolute atomic E-state index is 0. The standard InChI is InChI=1S/C18H16N2.HI/c1-20-13-12-15(17-4-2-3-5-18(17)20)9-6-14-7-10-16(19)11-8-14;/h2-13,19H,1H3;1H. The van der Waals surface area contributed by atoms with E-state index in [1.165, 1.54) is 16.5 Å². The maximum Gasteiger partial charge on any atom is 0.212 e. The van der Waals surface area contributed by atoms with E-state index >= 15 is 0 Å². The summed E-state index contributed by atoms with van der Waals surface area (Å²) in [6, 6.07) is 18.4. The number of hydrogen-bond donors (Lipinski definition) is 1. The van der Waals surface area contributed by atoms with E-state index < -0.39 is 0 Å². The van der Waals surface area contributed by atoms with Gasteiger partial charge in [-0.15, -0.1) is 0 Å². The first-order valence-corrected chi connectivity index (χ1v) is 6.65. The fraction of sp³-hybridized carbons (Fsp3) is 0.0556. The first kappa shape index (κ1) is 15.5.